The van der Waals surface area contributed by atoms with E-state index in [-0.39, 0.29) is 5.56 Å². The highest BCUT2D eigenvalue weighted by molar-refractivity contribution is 5.92. The van der Waals surface area contributed by atoms with E-state index in [1.807, 2.05) is 6.07 Å². The first-order chi connectivity index (χ1) is 8.74. The summed E-state index contributed by atoms with van der Waals surface area (Å²) in [4.78, 5) is 19.1. The monoisotopic (exact) mass is 240 g/mol. The van der Waals surface area contributed by atoms with Crippen LogP contribution >= 0.6 is 0 Å². The van der Waals surface area contributed by atoms with Gasteiger partial charge in [0.05, 0.1) is 11.1 Å². The first-order valence-corrected chi connectivity index (χ1v) is 5.28. The van der Waals surface area contributed by atoms with Gasteiger partial charge in [-0.1, -0.05) is 0 Å². The Hall–Kier alpha value is -2.69. The maximum absolute atomic E-state index is 10.8. The molecule has 0 amide bonds. The minimum Gasteiger partial charge on any atom is -0.478 e. The summed E-state index contributed by atoms with van der Waals surface area (Å²) in [5.74, 6) is -0.558. The number of carboxylic acid groups (broad SMARTS) is 1. The molecule has 0 fully saturated rings. The SMILES string of the molecule is O=C(O)c1ccc2nc(-c3cccnc3)oc2c1. The van der Waals surface area contributed by atoms with Crippen molar-refractivity contribution in [2.75, 3.05) is 0 Å². The van der Waals surface area contributed by atoms with Crippen LogP contribution in [0.1, 0.15) is 10.4 Å². The molecule has 5 heteroatoms. The van der Waals surface area contributed by atoms with Crippen LogP contribution < -0.4 is 0 Å². The molecule has 0 saturated heterocycles. The lowest BCUT2D eigenvalue weighted by Gasteiger charge is -1.92. The molecule has 3 aromatic rings. The van der Waals surface area contributed by atoms with Gasteiger partial charge in [0.15, 0.2) is 5.58 Å². The highest BCUT2D eigenvalue weighted by Crippen LogP contribution is 2.24. The van der Waals surface area contributed by atoms with Gasteiger partial charge in [-0.2, -0.15) is 0 Å². The van der Waals surface area contributed by atoms with Crippen LogP contribution in [-0.4, -0.2) is 21.0 Å². The van der Waals surface area contributed by atoms with Crippen LogP contribution in [0.3, 0.4) is 0 Å². The normalized spacial score (nSPS) is 10.7. The summed E-state index contributed by atoms with van der Waals surface area (Å²) in [7, 11) is 0. The zero-order valence-electron chi connectivity index (χ0n) is 9.20. The number of aromatic carboxylic acids is 1. The minimum absolute atomic E-state index is 0.177. The van der Waals surface area contributed by atoms with Gasteiger partial charge in [0, 0.05) is 12.4 Å². The molecule has 2 aromatic heterocycles. The smallest absolute Gasteiger partial charge is 0.335 e. The maximum Gasteiger partial charge on any atom is 0.335 e. The van der Waals surface area contributed by atoms with Gasteiger partial charge >= 0.3 is 5.97 Å². The standard InChI is InChI=1S/C13H8N2O3/c16-13(17)8-3-4-10-11(6-8)18-12(15-10)9-2-1-5-14-7-9/h1-7H,(H,16,17). The van der Waals surface area contributed by atoms with Crippen molar-refractivity contribution in [3.05, 3.63) is 48.3 Å². The summed E-state index contributed by atoms with van der Waals surface area (Å²) < 4.78 is 5.53. The van der Waals surface area contributed by atoms with E-state index in [4.69, 9.17) is 9.52 Å². The fourth-order valence-corrected chi connectivity index (χ4v) is 1.67. The van der Waals surface area contributed by atoms with Crippen molar-refractivity contribution in [2.24, 2.45) is 0 Å². The number of hydrogen-bond acceptors (Lipinski definition) is 4. The number of hydrogen-bond donors (Lipinski definition) is 1. The van der Waals surface area contributed by atoms with Crippen molar-refractivity contribution in [1.29, 1.82) is 0 Å². The molecule has 1 aromatic carbocycles. The van der Waals surface area contributed by atoms with Crippen molar-refractivity contribution in [3.63, 3.8) is 0 Å². The van der Waals surface area contributed by atoms with E-state index in [0.717, 1.165) is 5.56 Å². The molecule has 1 N–H and O–H groups in total. The molecule has 0 aliphatic carbocycles. The van der Waals surface area contributed by atoms with Crippen molar-refractivity contribution in [3.8, 4) is 11.5 Å². The van der Waals surface area contributed by atoms with Gasteiger partial charge < -0.3 is 9.52 Å². The van der Waals surface area contributed by atoms with Gasteiger partial charge in [-0.3, -0.25) is 4.98 Å². The summed E-state index contributed by atoms with van der Waals surface area (Å²) in [5.41, 5.74) is 2.01. The Bertz CT molecular complexity index is 719. The number of oxazole rings is 1. The van der Waals surface area contributed by atoms with Crippen LogP contribution in [0, 0.1) is 0 Å². The highest BCUT2D eigenvalue weighted by Gasteiger charge is 2.10. The van der Waals surface area contributed by atoms with Gasteiger partial charge in [-0.05, 0) is 30.3 Å². The number of pyridine rings is 1. The van der Waals surface area contributed by atoms with E-state index in [1.165, 1.54) is 12.1 Å². The third-order valence-electron chi connectivity index (χ3n) is 2.54. The van der Waals surface area contributed by atoms with Crippen molar-refractivity contribution in [2.45, 2.75) is 0 Å². The van der Waals surface area contributed by atoms with Crippen LogP contribution in [-0.2, 0) is 0 Å². The zero-order chi connectivity index (χ0) is 12.5. The number of rotatable bonds is 2. The van der Waals surface area contributed by atoms with E-state index in [1.54, 1.807) is 24.5 Å². The molecule has 0 saturated carbocycles. The molecular formula is C13H8N2O3. The number of nitrogens with zero attached hydrogens (tertiary/aromatic N) is 2. The molecule has 0 unspecified atom stereocenters. The number of carboxylic acids is 1. The Labute approximate surface area is 102 Å². The number of carbonyl (C=O) groups is 1. The van der Waals surface area contributed by atoms with E-state index in [0.29, 0.717) is 17.0 Å². The first-order valence-electron chi connectivity index (χ1n) is 5.28. The Balaban J connectivity index is 2.14. The summed E-state index contributed by atoms with van der Waals surface area (Å²) in [6.45, 7) is 0. The third kappa shape index (κ3) is 1.71. The zero-order valence-corrected chi connectivity index (χ0v) is 9.20. The molecule has 0 aliphatic heterocycles. The van der Waals surface area contributed by atoms with Crippen LogP contribution in [0.2, 0.25) is 0 Å². The number of benzene rings is 1. The lowest BCUT2D eigenvalue weighted by Crippen LogP contribution is -1.94. The average Bonchev–Trinajstić information content (AvgIpc) is 2.82. The third-order valence-corrected chi connectivity index (χ3v) is 2.54. The van der Waals surface area contributed by atoms with E-state index in [2.05, 4.69) is 9.97 Å². The highest BCUT2D eigenvalue weighted by atomic mass is 16.4. The molecule has 88 valence electrons. The van der Waals surface area contributed by atoms with E-state index in [9.17, 15) is 4.79 Å². The Kier molecular flexibility index (Phi) is 2.30. The van der Waals surface area contributed by atoms with Crippen LogP contribution in [0.5, 0.6) is 0 Å². The quantitative estimate of drug-likeness (QED) is 0.745. The largest absolute Gasteiger partial charge is 0.478 e. The molecule has 3 rings (SSSR count). The molecule has 0 atom stereocenters. The Morgan fingerprint density at radius 1 is 1.28 bits per heavy atom. The second-order valence-electron chi connectivity index (χ2n) is 3.75. The van der Waals surface area contributed by atoms with E-state index >= 15 is 0 Å². The average molecular weight is 240 g/mol. The second kappa shape index (κ2) is 3.96. The lowest BCUT2D eigenvalue weighted by atomic mass is 10.2. The fourth-order valence-electron chi connectivity index (χ4n) is 1.67. The Morgan fingerprint density at radius 3 is 2.89 bits per heavy atom. The summed E-state index contributed by atoms with van der Waals surface area (Å²) >= 11 is 0. The van der Waals surface area contributed by atoms with Gasteiger partial charge in [0.25, 0.3) is 0 Å². The number of fused-ring (bicyclic) bond motifs is 1. The van der Waals surface area contributed by atoms with Crippen molar-refractivity contribution < 1.29 is 14.3 Å². The van der Waals surface area contributed by atoms with Crippen LogP contribution in [0.25, 0.3) is 22.6 Å². The van der Waals surface area contributed by atoms with Gasteiger partial charge in [0.2, 0.25) is 5.89 Å². The molecule has 5 nitrogen and oxygen atoms in total. The predicted octanol–water partition coefficient (Wildman–Crippen LogP) is 2.59. The molecule has 18 heavy (non-hydrogen) atoms. The summed E-state index contributed by atoms with van der Waals surface area (Å²) in [5, 5.41) is 8.90. The predicted molar refractivity (Wildman–Crippen MR) is 64.2 cm³/mol. The number of aromatic nitrogens is 2. The van der Waals surface area contributed by atoms with Crippen LogP contribution in [0.4, 0.5) is 0 Å². The lowest BCUT2D eigenvalue weighted by molar-refractivity contribution is 0.0697. The van der Waals surface area contributed by atoms with Gasteiger partial charge in [-0.25, -0.2) is 9.78 Å². The summed E-state index contributed by atoms with van der Waals surface area (Å²) in [6.07, 6.45) is 3.30. The fraction of sp³-hybridized carbons (Fsp3) is 0. The van der Waals surface area contributed by atoms with Gasteiger partial charge in [0.1, 0.15) is 5.52 Å². The van der Waals surface area contributed by atoms with Gasteiger partial charge in [-0.15, -0.1) is 0 Å². The first kappa shape index (κ1) is 10.5. The van der Waals surface area contributed by atoms with Crippen LogP contribution in [0.15, 0.2) is 47.1 Å². The van der Waals surface area contributed by atoms with Crippen molar-refractivity contribution in [1.82, 2.24) is 9.97 Å². The molecule has 0 radical (unpaired) electrons. The molecule has 0 spiro atoms. The maximum atomic E-state index is 10.8. The molecule has 2 heterocycles. The molecule has 0 bridgehead atoms. The second-order valence-corrected chi connectivity index (χ2v) is 3.75. The minimum atomic E-state index is -0.990. The molecule has 0 aliphatic rings. The summed E-state index contributed by atoms with van der Waals surface area (Å²) in [6, 6.07) is 8.20. The Morgan fingerprint density at radius 2 is 2.17 bits per heavy atom. The topological polar surface area (TPSA) is 76.2 Å². The molecular weight excluding hydrogens is 232 g/mol. The van der Waals surface area contributed by atoms with E-state index < -0.39 is 5.97 Å². The van der Waals surface area contributed by atoms with Crippen molar-refractivity contribution >= 4 is 17.1 Å².